The van der Waals surface area contributed by atoms with Crippen LogP contribution in [0.25, 0.3) is 11.1 Å². The molecule has 0 radical (unpaired) electrons. The topological polar surface area (TPSA) is 173 Å². The Balaban J connectivity index is 1.48. The molecule has 3 aliphatic carbocycles. The summed E-state index contributed by atoms with van der Waals surface area (Å²) in [5.41, 5.74) is 3.80. The first kappa shape index (κ1) is 47.8. The van der Waals surface area contributed by atoms with Crippen molar-refractivity contribution in [2.45, 2.75) is 117 Å². The molecule has 61 heavy (non-hydrogen) atoms. The van der Waals surface area contributed by atoms with E-state index >= 15 is 0 Å². The number of aliphatic hydroxyl groups excluding tert-OH is 1. The van der Waals surface area contributed by atoms with Gasteiger partial charge >= 0.3 is 5.97 Å². The number of hydroxylamine groups is 2. The second-order valence-corrected chi connectivity index (χ2v) is 20.1. The van der Waals surface area contributed by atoms with E-state index in [0.29, 0.717) is 35.3 Å². The number of anilines is 1. The normalized spacial score (nSPS) is 25.6. The molecule has 14 heteroatoms. The van der Waals surface area contributed by atoms with Crippen LogP contribution in [0.15, 0.2) is 36.4 Å². The summed E-state index contributed by atoms with van der Waals surface area (Å²) in [7, 11) is 9.45. The highest BCUT2D eigenvalue weighted by Gasteiger charge is 2.57. The third-order valence-corrected chi connectivity index (χ3v) is 13.4. The fraction of sp³-hybridized carbons (Fsp3) is 0.660. The molecule has 2 aromatic rings. The SMILES string of the molecule is COc1c(CN2O[C@@H](CNC(=O)CCC(=O)O)[C@@H]([C@H](C)O)[C@H]2C(=O)N[C@H]2C[C@@H]3C[C@H]([C@@H]2C)C3(C)C)cccc1-c1cc(C(=O)NC(CN(C)C)CC(C)(C)C)cc(N(C)C)c1. The Morgan fingerprint density at radius 2 is 1.75 bits per heavy atom. The minimum Gasteiger partial charge on any atom is -0.496 e. The number of likely N-dealkylation sites (N-methyl/N-ethyl adjacent to an activating group) is 1. The number of carbonyl (C=O) groups excluding carboxylic acids is 3. The molecule has 1 heterocycles. The average Bonchev–Trinajstić information content (AvgIpc) is 3.53. The number of nitrogens with zero attached hydrogens (tertiary/aromatic N) is 3. The van der Waals surface area contributed by atoms with Gasteiger partial charge in [-0.15, -0.1) is 0 Å². The van der Waals surface area contributed by atoms with Crippen molar-refractivity contribution in [2.75, 3.05) is 53.3 Å². The Labute approximate surface area is 363 Å². The van der Waals surface area contributed by atoms with E-state index < -0.39 is 36.0 Å². The minimum atomic E-state index is -1.08. The lowest BCUT2D eigenvalue weighted by molar-refractivity contribution is -0.177. The number of carbonyl (C=O) groups is 4. The molecule has 6 rings (SSSR count). The van der Waals surface area contributed by atoms with E-state index in [1.165, 1.54) is 0 Å². The zero-order valence-electron chi connectivity index (χ0n) is 38.5. The number of hydrogen-bond acceptors (Lipinski definition) is 10. The number of methoxy groups -OCH3 is 1. The summed E-state index contributed by atoms with van der Waals surface area (Å²) in [5, 5.41) is 31.4. The number of hydrogen-bond donors (Lipinski definition) is 5. The molecule has 5 N–H and O–H groups in total. The molecule has 2 aromatic carbocycles. The van der Waals surface area contributed by atoms with Gasteiger partial charge in [0.25, 0.3) is 5.91 Å². The first-order chi connectivity index (χ1) is 28.5. The van der Waals surface area contributed by atoms with Crippen molar-refractivity contribution in [1.29, 1.82) is 0 Å². The van der Waals surface area contributed by atoms with Crippen LogP contribution in [0, 0.1) is 34.5 Å². The third-order valence-electron chi connectivity index (χ3n) is 13.4. The molecule has 338 valence electrons. The van der Waals surface area contributed by atoms with Gasteiger partial charge < -0.3 is 40.7 Å². The Bertz CT molecular complexity index is 1890. The maximum Gasteiger partial charge on any atom is 0.303 e. The zero-order chi connectivity index (χ0) is 45.1. The van der Waals surface area contributed by atoms with Gasteiger partial charge in [-0.3, -0.25) is 24.0 Å². The number of para-hydroxylation sites is 1. The maximum atomic E-state index is 14.6. The summed E-state index contributed by atoms with van der Waals surface area (Å²) in [6.07, 6.45) is 0.530. The van der Waals surface area contributed by atoms with E-state index in [9.17, 15) is 24.3 Å². The molecule has 0 aromatic heterocycles. The molecule has 3 saturated carbocycles. The van der Waals surface area contributed by atoms with Crippen LogP contribution in [0.1, 0.15) is 96.5 Å². The van der Waals surface area contributed by atoms with Gasteiger partial charge in [-0.05, 0) is 92.6 Å². The lowest BCUT2D eigenvalue weighted by Gasteiger charge is -2.62. The van der Waals surface area contributed by atoms with Crippen LogP contribution in [0.5, 0.6) is 5.75 Å². The molecule has 1 saturated heterocycles. The molecular weight excluding hydrogens is 777 g/mol. The summed E-state index contributed by atoms with van der Waals surface area (Å²) < 4.78 is 6.14. The van der Waals surface area contributed by atoms with Gasteiger partial charge in [-0.1, -0.05) is 59.7 Å². The first-order valence-corrected chi connectivity index (χ1v) is 21.8. The summed E-state index contributed by atoms with van der Waals surface area (Å²) >= 11 is 0. The quantitative estimate of drug-likeness (QED) is 0.134. The van der Waals surface area contributed by atoms with Gasteiger partial charge in [0.15, 0.2) is 0 Å². The van der Waals surface area contributed by atoms with Gasteiger partial charge in [0, 0.05) is 74.0 Å². The fourth-order valence-corrected chi connectivity index (χ4v) is 10.1. The summed E-state index contributed by atoms with van der Waals surface area (Å²) in [5.74, 6) is -0.877. The number of carboxylic acid groups (broad SMARTS) is 1. The Kier molecular flexibility index (Phi) is 15.2. The van der Waals surface area contributed by atoms with Crippen LogP contribution in [0.4, 0.5) is 5.69 Å². The molecule has 14 nitrogen and oxygen atoms in total. The average molecular weight is 849 g/mol. The molecule has 4 fully saturated rings. The van der Waals surface area contributed by atoms with E-state index in [0.717, 1.165) is 36.1 Å². The molecule has 4 aliphatic rings. The van der Waals surface area contributed by atoms with E-state index in [1.54, 1.807) is 19.1 Å². The molecule has 0 spiro atoms. The van der Waals surface area contributed by atoms with Crippen molar-refractivity contribution < 1.29 is 39.0 Å². The van der Waals surface area contributed by atoms with Crippen molar-refractivity contribution in [1.82, 2.24) is 25.9 Å². The number of ether oxygens (including phenoxy) is 1. The lowest BCUT2D eigenvalue weighted by atomic mass is 9.45. The largest absolute Gasteiger partial charge is 0.496 e. The highest BCUT2D eigenvalue weighted by molar-refractivity contribution is 5.97. The van der Waals surface area contributed by atoms with Crippen LogP contribution in [-0.2, 0) is 25.8 Å². The number of nitrogens with one attached hydrogen (secondary N) is 3. The summed E-state index contributed by atoms with van der Waals surface area (Å²) in [6, 6.07) is 10.5. The number of benzene rings is 2. The van der Waals surface area contributed by atoms with Crippen LogP contribution in [-0.4, -0.2) is 123 Å². The maximum absolute atomic E-state index is 14.6. The van der Waals surface area contributed by atoms with Crippen molar-refractivity contribution >= 4 is 29.4 Å². The third kappa shape index (κ3) is 11.4. The minimum absolute atomic E-state index is 0.00802. The monoisotopic (exact) mass is 849 g/mol. The van der Waals surface area contributed by atoms with Crippen LogP contribution in [0.2, 0.25) is 0 Å². The molecule has 2 bridgehead atoms. The molecule has 1 unspecified atom stereocenters. The molecule has 3 amide bonds. The van der Waals surface area contributed by atoms with Crippen LogP contribution in [0.3, 0.4) is 0 Å². The van der Waals surface area contributed by atoms with Gasteiger partial charge in [0.2, 0.25) is 11.8 Å². The number of aliphatic carboxylic acids is 1. The number of amides is 3. The summed E-state index contributed by atoms with van der Waals surface area (Å²) in [4.78, 5) is 63.0. The van der Waals surface area contributed by atoms with Gasteiger partial charge in [0.05, 0.1) is 26.2 Å². The predicted molar refractivity (Wildman–Crippen MR) is 237 cm³/mol. The summed E-state index contributed by atoms with van der Waals surface area (Å²) in [6.45, 7) is 15.7. The standard InChI is InChI=1S/C47H72N6O8/c1-27-36-21-32(47(36,6)7)22-37(27)50-45(59)42-41(28(2)54)38(24-48-39(55)16-17-40(56)57)61-53(42)25-29-14-13-15-35(43(29)60-12)30-18-31(20-34(19-30)52(10)11)44(58)49-33(26-51(8)9)23-46(3,4)5/h13-15,18-20,27-28,32-33,36-38,41-42,54H,16-17,21-26H2,1-12H3,(H,48,55)(H,49,58)(H,50,59)(H,56,57)/t27-,28-,32-,33?,36+,37-,38-,41+,42-/m0/s1. The highest BCUT2D eigenvalue weighted by Crippen LogP contribution is 2.61. The smallest absolute Gasteiger partial charge is 0.303 e. The zero-order valence-corrected chi connectivity index (χ0v) is 38.5. The number of aliphatic hydroxyl groups is 1. The van der Waals surface area contributed by atoms with E-state index in [1.807, 2.05) is 69.5 Å². The molecule has 9 atom stereocenters. The van der Waals surface area contributed by atoms with Gasteiger partial charge in [0.1, 0.15) is 17.9 Å². The van der Waals surface area contributed by atoms with Crippen molar-refractivity contribution in [3.05, 3.63) is 47.5 Å². The van der Waals surface area contributed by atoms with Crippen molar-refractivity contribution in [2.24, 2.45) is 34.5 Å². The van der Waals surface area contributed by atoms with Crippen LogP contribution >= 0.6 is 0 Å². The fourth-order valence-electron chi connectivity index (χ4n) is 10.1. The second kappa shape index (κ2) is 19.4. The van der Waals surface area contributed by atoms with Crippen molar-refractivity contribution in [3.63, 3.8) is 0 Å². The Morgan fingerprint density at radius 3 is 2.33 bits per heavy atom. The molecule has 1 aliphatic heterocycles. The number of carboxylic acids is 1. The van der Waals surface area contributed by atoms with E-state index in [4.69, 9.17) is 14.7 Å². The Hall–Kier alpha value is -4.24. The first-order valence-electron chi connectivity index (χ1n) is 21.8. The number of rotatable bonds is 18. The predicted octanol–water partition coefficient (Wildman–Crippen LogP) is 5.17. The molecular formula is C47H72N6O8. The second-order valence-electron chi connectivity index (χ2n) is 20.1. The number of fused-ring (bicyclic) bond motifs is 2. The van der Waals surface area contributed by atoms with Crippen molar-refractivity contribution in [3.8, 4) is 16.9 Å². The van der Waals surface area contributed by atoms with Gasteiger partial charge in [-0.2, -0.15) is 5.06 Å². The highest BCUT2D eigenvalue weighted by atomic mass is 16.7. The van der Waals surface area contributed by atoms with E-state index in [-0.39, 0.29) is 66.6 Å². The Morgan fingerprint density at radius 1 is 1.05 bits per heavy atom. The van der Waals surface area contributed by atoms with Gasteiger partial charge in [-0.25, -0.2) is 0 Å². The van der Waals surface area contributed by atoms with Crippen LogP contribution < -0.4 is 25.6 Å². The van der Waals surface area contributed by atoms with E-state index in [2.05, 4.69) is 62.4 Å². The lowest BCUT2D eigenvalue weighted by Crippen LogP contribution is -2.62.